The van der Waals surface area contributed by atoms with Crippen LogP contribution in [-0.2, 0) is 16.1 Å². The van der Waals surface area contributed by atoms with Gasteiger partial charge in [0.2, 0.25) is 0 Å². The van der Waals surface area contributed by atoms with Crippen LogP contribution in [0.15, 0.2) is 46.1 Å². The minimum absolute atomic E-state index is 0.00284. The Hall–Kier alpha value is -2.96. The van der Waals surface area contributed by atoms with Crippen molar-refractivity contribution in [1.82, 2.24) is 10.3 Å². The van der Waals surface area contributed by atoms with E-state index in [1.54, 1.807) is 37.4 Å². The Balaban J connectivity index is 1.86. The molecule has 1 unspecified atom stereocenters. The SMILES string of the molecule is CC(C)C1(C)N=C(c2ncccc2C(=O)OCc2ccco2)NC1=O. The summed E-state index contributed by atoms with van der Waals surface area (Å²) in [6.07, 6.45) is 3.05. The topological polar surface area (TPSA) is 93.8 Å². The van der Waals surface area contributed by atoms with Gasteiger partial charge < -0.3 is 14.5 Å². The molecular weight excluding hydrogens is 322 g/mol. The summed E-state index contributed by atoms with van der Waals surface area (Å²) in [4.78, 5) is 33.4. The molecule has 2 aromatic rings. The highest BCUT2D eigenvalue weighted by Gasteiger charge is 2.43. The highest BCUT2D eigenvalue weighted by atomic mass is 16.5. The van der Waals surface area contributed by atoms with Crippen LogP contribution in [-0.4, -0.2) is 28.2 Å². The van der Waals surface area contributed by atoms with Crippen LogP contribution in [0.1, 0.15) is 42.6 Å². The van der Waals surface area contributed by atoms with Crippen LogP contribution in [0.4, 0.5) is 0 Å². The van der Waals surface area contributed by atoms with Gasteiger partial charge in [0.05, 0.1) is 11.8 Å². The van der Waals surface area contributed by atoms with E-state index in [0.717, 1.165) is 0 Å². The Bertz CT molecular complexity index is 827. The van der Waals surface area contributed by atoms with Gasteiger partial charge in [0, 0.05) is 6.20 Å². The number of amidine groups is 1. The lowest BCUT2D eigenvalue weighted by Crippen LogP contribution is -2.41. The van der Waals surface area contributed by atoms with Crippen molar-refractivity contribution in [2.45, 2.75) is 32.9 Å². The number of rotatable bonds is 5. The number of nitrogens with zero attached hydrogens (tertiary/aromatic N) is 2. The van der Waals surface area contributed by atoms with Crippen LogP contribution in [0, 0.1) is 5.92 Å². The van der Waals surface area contributed by atoms with Gasteiger partial charge >= 0.3 is 5.97 Å². The van der Waals surface area contributed by atoms with Gasteiger partial charge in [-0.05, 0) is 37.1 Å². The van der Waals surface area contributed by atoms with Crippen molar-refractivity contribution in [2.24, 2.45) is 10.9 Å². The first kappa shape index (κ1) is 16.9. The average molecular weight is 341 g/mol. The number of hydrogen-bond donors (Lipinski definition) is 1. The Labute approximate surface area is 145 Å². The Kier molecular flexibility index (Phi) is 4.39. The Morgan fingerprint density at radius 3 is 2.80 bits per heavy atom. The molecule has 0 radical (unpaired) electrons. The second kappa shape index (κ2) is 6.51. The van der Waals surface area contributed by atoms with Crippen LogP contribution >= 0.6 is 0 Å². The highest BCUT2D eigenvalue weighted by molar-refractivity contribution is 6.17. The van der Waals surface area contributed by atoms with Crippen LogP contribution in [0.5, 0.6) is 0 Å². The fourth-order valence-electron chi connectivity index (χ4n) is 2.42. The fraction of sp³-hybridized carbons (Fsp3) is 0.333. The predicted molar refractivity (Wildman–Crippen MR) is 90.0 cm³/mol. The smallest absolute Gasteiger partial charge is 0.340 e. The van der Waals surface area contributed by atoms with E-state index < -0.39 is 11.5 Å². The lowest BCUT2D eigenvalue weighted by atomic mass is 9.89. The predicted octanol–water partition coefficient (Wildman–Crippen LogP) is 2.32. The number of esters is 1. The minimum Gasteiger partial charge on any atom is -0.466 e. The molecule has 3 heterocycles. The first-order valence-electron chi connectivity index (χ1n) is 7.98. The summed E-state index contributed by atoms with van der Waals surface area (Å²) < 4.78 is 10.4. The zero-order chi connectivity index (χ0) is 18.0. The van der Waals surface area contributed by atoms with E-state index in [1.165, 1.54) is 6.26 Å². The molecule has 2 aromatic heterocycles. The maximum Gasteiger partial charge on any atom is 0.340 e. The van der Waals surface area contributed by atoms with Crippen molar-refractivity contribution in [3.8, 4) is 0 Å². The van der Waals surface area contributed by atoms with E-state index >= 15 is 0 Å². The number of furan rings is 1. The molecular formula is C18H19N3O4. The van der Waals surface area contributed by atoms with Crippen LogP contribution in [0.25, 0.3) is 0 Å². The number of hydrogen-bond acceptors (Lipinski definition) is 6. The second-order valence-electron chi connectivity index (χ2n) is 6.27. The zero-order valence-corrected chi connectivity index (χ0v) is 14.3. The third-order valence-corrected chi connectivity index (χ3v) is 4.34. The van der Waals surface area contributed by atoms with Gasteiger partial charge in [-0.3, -0.25) is 9.78 Å². The summed E-state index contributed by atoms with van der Waals surface area (Å²) in [6.45, 7) is 5.62. The first-order chi connectivity index (χ1) is 11.9. The van der Waals surface area contributed by atoms with Crippen LogP contribution < -0.4 is 5.32 Å². The van der Waals surface area contributed by atoms with Gasteiger partial charge in [0.15, 0.2) is 5.84 Å². The monoisotopic (exact) mass is 341 g/mol. The molecule has 0 fully saturated rings. The lowest BCUT2D eigenvalue weighted by Gasteiger charge is -2.21. The summed E-state index contributed by atoms with van der Waals surface area (Å²) in [7, 11) is 0. The molecule has 0 saturated heterocycles. The average Bonchev–Trinajstić information content (AvgIpc) is 3.22. The van der Waals surface area contributed by atoms with Crippen molar-refractivity contribution in [3.05, 3.63) is 53.7 Å². The highest BCUT2D eigenvalue weighted by Crippen LogP contribution is 2.27. The van der Waals surface area contributed by atoms with Crippen molar-refractivity contribution in [2.75, 3.05) is 0 Å². The van der Waals surface area contributed by atoms with Gasteiger partial charge in [-0.2, -0.15) is 0 Å². The normalized spacial score (nSPS) is 19.7. The first-order valence-corrected chi connectivity index (χ1v) is 7.98. The number of pyridine rings is 1. The second-order valence-corrected chi connectivity index (χ2v) is 6.27. The summed E-state index contributed by atoms with van der Waals surface area (Å²) in [5.74, 6) is 0.0557. The Morgan fingerprint density at radius 1 is 1.36 bits per heavy atom. The largest absolute Gasteiger partial charge is 0.466 e. The Morgan fingerprint density at radius 2 is 2.16 bits per heavy atom. The summed E-state index contributed by atoms with van der Waals surface area (Å²) in [5.41, 5.74) is -0.354. The van der Waals surface area contributed by atoms with Gasteiger partial charge in [-0.1, -0.05) is 13.8 Å². The van der Waals surface area contributed by atoms with Crippen LogP contribution in [0.2, 0.25) is 0 Å². The molecule has 7 nitrogen and oxygen atoms in total. The minimum atomic E-state index is -0.887. The molecule has 1 N–H and O–H groups in total. The molecule has 25 heavy (non-hydrogen) atoms. The number of aromatic nitrogens is 1. The lowest BCUT2D eigenvalue weighted by molar-refractivity contribution is -0.124. The number of nitrogens with one attached hydrogen (secondary N) is 1. The van der Waals surface area contributed by atoms with Crippen molar-refractivity contribution >= 4 is 17.7 Å². The van der Waals surface area contributed by atoms with Crippen LogP contribution in [0.3, 0.4) is 0 Å². The molecule has 1 amide bonds. The van der Waals surface area contributed by atoms with Gasteiger partial charge in [0.25, 0.3) is 5.91 Å². The molecule has 1 aliphatic rings. The van der Waals surface area contributed by atoms with Crippen molar-refractivity contribution in [1.29, 1.82) is 0 Å². The molecule has 3 rings (SSSR count). The quantitative estimate of drug-likeness (QED) is 0.842. The third-order valence-electron chi connectivity index (χ3n) is 4.34. The van der Waals surface area contributed by atoms with E-state index in [-0.39, 0.29) is 29.8 Å². The van der Waals surface area contributed by atoms with E-state index in [2.05, 4.69) is 15.3 Å². The van der Waals surface area contributed by atoms with Gasteiger partial charge in [-0.15, -0.1) is 0 Å². The molecule has 0 bridgehead atoms. The van der Waals surface area contributed by atoms with Crippen molar-refractivity contribution in [3.63, 3.8) is 0 Å². The summed E-state index contributed by atoms with van der Waals surface area (Å²) in [6, 6.07) is 6.65. The molecule has 1 atom stereocenters. The zero-order valence-electron chi connectivity index (χ0n) is 14.3. The number of aliphatic imine (C=N–C) groups is 1. The van der Waals surface area contributed by atoms with E-state index in [1.807, 2.05) is 13.8 Å². The van der Waals surface area contributed by atoms with Gasteiger partial charge in [-0.25, -0.2) is 9.79 Å². The molecule has 0 spiro atoms. The molecule has 0 saturated carbocycles. The fourth-order valence-corrected chi connectivity index (χ4v) is 2.42. The van der Waals surface area contributed by atoms with Crippen molar-refractivity contribution < 1.29 is 18.7 Å². The number of carbonyl (C=O) groups is 2. The maximum absolute atomic E-state index is 12.4. The summed E-state index contributed by atoms with van der Waals surface area (Å²) in [5, 5.41) is 2.73. The van der Waals surface area contributed by atoms with Gasteiger partial charge in [0.1, 0.15) is 23.6 Å². The maximum atomic E-state index is 12.4. The summed E-state index contributed by atoms with van der Waals surface area (Å²) >= 11 is 0. The van der Waals surface area contributed by atoms with E-state index in [9.17, 15) is 9.59 Å². The molecule has 130 valence electrons. The molecule has 0 aromatic carbocycles. The standard InChI is InChI=1S/C18H19N3O4/c1-11(2)18(3)17(23)20-15(21-18)14-13(7-4-8-19-14)16(22)25-10-12-6-5-9-24-12/h4-9,11H,10H2,1-3H3,(H,20,21,23). The van der Waals surface area contributed by atoms with E-state index in [4.69, 9.17) is 9.15 Å². The number of ether oxygens (including phenoxy) is 1. The number of amides is 1. The molecule has 7 heteroatoms. The molecule has 0 aliphatic carbocycles. The van der Waals surface area contributed by atoms with E-state index in [0.29, 0.717) is 11.5 Å². The number of carbonyl (C=O) groups excluding carboxylic acids is 2. The molecule has 1 aliphatic heterocycles. The third kappa shape index (κ3) is 3.17.